The molecule has 0 aliphatic rings. The number of allylic oxidation sites excluding steroid dienone is 4. The van der Waals surface area contributed by atoms with E-state index in [-0.39, 0.29) is 31.1 Å². The van der Waals surface area contributed by atoms with E-state index in [1.165, 1.54) is 244 Å². The second-order valence-electron chi connectivity index (χ2n) is 21.3. The molecule has 0 aromatic carbocycles. The van der Waals surface area contributed by atoms with Crippen molar-refractivity contribution in [1.82, 2.24) is 0 Å². The van der Waals surface area contributed by atoms with Crippen LogP contribution in [0, 0.1) is 0 Å². The van der Waals surface area contributed by atoms with Gasteiger partial charge in [0.15, 0.2) is 6.10 Å². The molecule has 0 heterocycles. The van der Waals surface area contributed by atoms with Gasteiger partial charge in [-0.25, -0.2) is 0 Å². The first kappa shape index (κ1) is 67.9. The van der Waals surface area contributed by atoms with Gasteiger partial charge in [0.1, 0.15) is 13.2 Å². The van der Waals surface area contributed by atoms with Crippen LogP contribution < -0.4 is 0 Å². The Hall–Kier alpha value is -2.11. The fourth-order valence-corrected chi connectivity index (χ4v) is 9.48. The van der Waals surface area contributed by atoms with Gasteiger partial charge in [-0.15, -0.1) is 0 Å². The van der Waals surface area contributed by atoms with E-state index >= 15 is 0 Å². The summed E-state index contributed by atoms with van der Waals surface area (Å²) in [6, 6.07) is 0. The van der Waals surface area contributed by atoms with Crippen LogP contribution >= 0.6 is 0 Å². The first-order valence-corrected chi connectivity index (χ1v) is 31.3. The number of ether oxygens (including phenoxy) is 3. The van der Waals surface area contributed by atoms with Crippen molar-refractivity contribution in [3.8, 4) is 0 Å². The van der Waals surface area contributed by atoms with E-state index in [4.69, 9.17) is 14.2 Å². The molecule has 6 heteroatoms. The first-order valence-electron chi connectivity index (χ1n) is 31.3. The SMILES string of the molecule is CCCCC/C=C\C/C=C\CCCCCCCCCCCC(=O)OC(COC(=O)CCCCCCCCCCC)COC(=O)CCCCCCCCCCCCCCCCCCCCCCCCCC. The van der Waals surface area contributed by atoms with Gasteiger partial charge in [0.05, 0.1) is 0 Å². The summed E-state index contributed by atoms with van der Waals surface area (Å²) in [6.45, 7) is 6.65. The quantitative estimate of drug-likeness (QED) is 0.0261. The molecule has 1 atom stereocenters. The summed E-state index contributed by atoms with van der Waals surface area (Å²) in [5.41, 5.74) is 0. The molecule has 0 fully saturated rings. The third-order valence-corrected chi connectivity index (χ3v) is 14.2. The minimum absolute atomic E-state index is 0.0674. The molecule has 412 valence electrons. The molecule has 0 aliphatic heterocycles. The zero-order valence-electron chi connectivity index (χ0n) is 47.3. The highest BCUT2D eigenvalue weighted by molar-refractivity contribution is 5.71. The van der Waals surface area contributed by atoms with Crippen LogP contribution in [-0.4, -0.2) is 37.2 Å². The van der Waals surface area contributed by atoms with Gasteiger partial charge in [-0.3, -0.25) is 14.4 Å². The summed E-state index contributed by atoms with van der Waals surface area (Å²) in [5.74, 6) is -0.851. The normalized spacial score (nSPS) is 12.1. The van der Waals surface area contributed by atoms with Gasteiger partial charge in [0.2, 0.25) is 0 Å². The zero-order chi connectivity index (χ0) is 50.7. The number of carbonyl (C=O) groups excluding carboxylic acids is 3. The van der Waals surface area contributed by atoms with Gasteiger partial charge in [-0.05, 0) is 51.4 Å². The third kappa shape index (κ3) is 56.8. The molecule has 0 saturated carbocycles. The van der Waals surface area contributed by atoms with Crippen LogP contribution in [0.2, 0.25) is 0 Å². The zero-order valence-corrected chi connectivity index (χ0v) is 47.3. The lowest BCUT2D eigenvalue weighted by Gasteiger charge is -2.18. The van der Waals surface area contributed by atoms with Crippen molar-refractivity contribution in [3.63, 3.8) is 0 Å². The number of carbonyl (C=O) groups is 3. The average molecular weight is 986 g/mol. The van der Waals surface area contributed by atoms with Crippen molar-refractivity contribution in [2.75, 3.05) is 13.2 Å². The smallest absolute Gasteiger partial charge is 0.306 e. The Morgan fingerprint density at radius 3 is 0.814 bits per heavy atom. The summed E-state index contributed by atoms with van der Waals surface area (Å²) in [4.78, 5) is 38.1. The van der Waals surface area contributed by atoms with E-state index in [0.717, 1.165) is 64.2 Å². The van der Waals surface area contributed by atoms with E-state index in [9.17, 15) is 14.4 Å². The van der Waals surface area contributed by atoms with Crippen molar-refractivity contribution in [1.29, 1.82) is 0 Å². The fraction of sp³-hybridized carbons (Fsp3) is 0.891. The molecule has 0 radical (unpaired) electrons. The maximum absolute atomic E-state index is 12.9. The molecule has 0 aromatic heterocycles. The van der Waals surface area contributed by atoms with Gasteiger partial charge < -0.3 is 14.2 Å². The lowest BCUT2D eigenvalue weighted by molar-refractivity contribution is -0.167. The molecule has 0 spiro atoms. The van der Waals surface area contributed by atoms with Crippen molar-refractivity contribution in [2.24, 2.45) is 0 Å². The Labute approximate surface area is 436 Å². The standard InChI is InChI=1S/C64H120O6/c1-4-7-10-13-16-19-21-23-25-27-29-30-31-32-33-35-36-38-40-42-45-48-51-54-57-63(66)69-60-61(59-68-62(65)56-53-50-47-44-18-15-12-9-6-3)70-64(67)58-55-52-49-46-43-41-39-37-34-28-26-24-22-20-17-14-11-8-5-2/h17,20,24,26,61H,4-16,18-19,21-23,25,27-60H2,1-3H3/b20-17-,26-24-. The van der Waals surface area contributed by atoms with Gasteiger partial charge in [-0.2, -0.15) is 0 Å². The highest BCUT2D eigenvalue weighted by Crippen LogP contribution is 2.18. The Morgan fingerprint density at radius 2 is 0.514 bits per heavy atom. The van der Waals surface area contributed by atoms with Gasteiger partial charge in [0.25, 0.3) is 0 Å². The molecule has 70 heavy (non-hydrogen) atoms. The number of hydrogen-bond acceptors (Lipinski definition) is 6. The lowest BCUT2D eigenvalue weighted by atomic mass is 10.0. The molecule has 0 aromatic rings. The molecule has 0 rings (SSSR count). The predicted molar refractivity (Wildman–Crippen MR) is 303 cm³/mol. The highest BCUT2D eigenvalue weighted by Gasteiger charge is 2.19. The van der Waals surface area contributed by atoms with Crippen LogP contribution in [0.25, 0.3) is 0 Å². The van der Waals surface area contributed by atoms with E-state index in [1.54, 1.807) is 0 Å². The molecular formula is C64H120O6. The van der Waals surface area contributed by atoms with Crippen molar-refractivity contribution >= 4 is 17.9 Å². The average Bonchev–Trinajstić information content (AvgIpc) is 3.36. The van der Waals surface area contributed by atoms with Crippen LogP contribution in [0.4, 0.5) is 0 Å². The summed E-state index contributed by atoms with van der Waals surface area (Å²) in [7, 11) is 0. The monoisotopic (exact) mass is 985 g/mol. The maximum Gasteiger partial charge on any atom is 0.306 e. The molecule has 6 nitrogen and oxygen atoms in total. The van der Waals surface area contributed by atoms with Crippen molar-refractivity contribution in [3.05, 3.63) is 24.3 Å². The Balaban J connectivity index is 4.16. The van der Waals surface area contributed by atoms with E-state index in [1.807, 2.05) is 0 Å². The Kier molecular flexibility index (Phi) is 57.7. The number of hydrogen-bond donors (Lipinski definition) is 0. The largest absolute Gasteiger partial charge is 0.462 e. The van der Waals surface area contributed by atoms with Crippen molar-refractivity contribution < 1.29 is 28.6 Å². The van der Waals surface area contributed by atoms with Crippen LogP contribution in [0.3, 0.4) is 0 Å². The molecular weight excluding hydrogens is 865 g/mol. The Bertz CT molecular complexity index is 1130. The minimum Gasteiger partial charge on any atom is -0.462 e. The van der Waals surface area contributed by atoms with E-state index in [2.05, 4.69) is 45.1 Å². The summed E-state index contributed by atoms with van der Waals surface area (Å²) in [6.07, 6.45) is 70.5. The van der Waals surface area contributed by atoms with Crippen LogP contribution in [0.5, 0.6) is 0 Å². The van der Waals surface area contributed by atoms with Crippen LogP contribution in [0.1, 0.15) is 348 Å². The van der Waals surface area contributed by atoms with Gasteiger partial charge in [0, 0.05) is 19.3 Å². The molecule has 0 bridgehead atoms. The number of unbranched alkanes of at least 4 members (excludes halogenated alkanes) is 43. The first-order chi connectivity index (χ1) is 34.5. The summed E-state index contributed by atoms with van der Waals surface area (Å²) < 4.78 is 16.9. The van der Waals surface area contributed by atoms with E-state index in [0.29, 0.717) is 19.3 Å². The molecule has 0 amide bonds. The summed E-state index contributed by atoms with van der Waals surface area (Å²) in [5, 5.41) is 0. The highest BCUT2D eigenvalue weighted by atomic mass is 16.6. The van der Waals surface area contributed by atoms with E-state index < -0.39 is 6.10 Å². The molecule has 0 saturated heterocycles. The Morgan fingerprint density at radius 1 is 0.286 bits per heavy atom. The predicted octanol–water partition coefficient (Wildman–Crippen LogP) is 21.1. The summed E-state index contributed by atoms with van der Waals surface area (Å²) >= 11 is 0. The molecule has 0 N–H and O–H groups in total. The molecule has 0 aliphatic carbocycles. The number of rotatable bonds is 58. The lowest BCUT2D eigenvalue weighted by Crippen LogP contribution is -2.30. The maximum atomic E-state index is 12.9. The third-order valence-electron chi connectivity index (χ3n) is 14.2. The number of esters is 3. The second-order valence-corrected chi connectivity index (χ2v) is 21.3. The van der Waals surface area contributed by atoms with Crippen molar-refractivity contribution in [2.45, 2.75) is 354 Å². The fourth-order valence-electron chi connectivity index (χ4n) is 9.48. The van der Waals surface area contributed by atoms with Crippen LogP contribution in [-0.2, 0) is 28.6 Å². The molecule has 1 unspecified atom stereocenters. The topological polar surface area (TPSA) is 78.9 Å². The van der Waals surface area contributed by atoms with Crippen LogP contribution in [0.15, 0.2) is 24.3 Å². The van der Waals surface area contributed by atoms with Gasteiger partial charge >= 0.3 is 17.9 Å². The second kappa shape index (κ2) is 59.5. The minimum atomic E-state index is -0.768. The van der Waals surface area contributed by atoms with Gasteiger partial charge in [-0.1, -0.05) is 302 Å².